The van der Waals surface area contributed by atoms with Gasteiger partial charge in [0.05, 0.1) is 13.0 Å². The largest absolute Gasteiger partial charge is 0.461 e. The molecule has 30 heavy (non-hydrogen) atoms. The van der Waals surface area contributed by atoms with Gasteiger partial charge in [-0.25, -0.2) is 14.0 Å². The van der Waals surface area contributed by atoms with Gasteiger partial charge in [0, 0.05) is 39.4 Å². The van der Waals surface area contributed by atoms with E-state index in [4.69, 9.17) is 25.5 Å². The zero-order valence-corrected chi connectivity index (χ0v) is 16.6. The van der Waals surface area contributed by atoms with Gasteiger partial charge in [0.1, 0.15) is 18.0 Å². The fourth-order valence-corrected chi connectivity index (χ4v) is 3.00. The minimum Gasteiger partial charge on any atom is -0.461 e. The van der Waals surface area contributed by atoms with Crippen molar-refractivity contribution in [3.8, 4) is 0 Å². The van der Waals surface area contributed by atoms with E-state index in [1.807, 2.05) is 0 Å². The highest BCUT2D eigenvalue weighted by Gasteiger charge is 2.15. The predicted molar refractivity (Wildman–Crippen MR) is 108 cm³/mol. The first-order chi connectivity index (χ1) is 14.4. The first-order valence-corrected chi connectivity index (χ1v) is 9.34. The molecule has 0 saturated carbocycles. The molecule has 3 rings (SSSR count). The molecule has 0 atom stereocenters. The number of fused-ring (bicyclic) bond motifs is 1. The molecule has 0 radical (unpaired) electrons. The summed E-state index contributed by atoms with van der Waals surface area (Å²) < 4.78 is 29.0. The Morgan fingerprint density at radius 1 is 1.17 bits per heavy atom. The molecule has 2 aromatic carbocycles. The van der Waals surface area contributed by atoms with E-state index in [0.717, 1.165) is 0 Å². The molecule has 0 bridgehead atoms. The molecular formula is C21H17ClFNO6. The number of carbonyl (C=O) groups is 2. The minimum absolute atomic E-state index is 0.0382. The second-order valence-corrected chi connectivity index (χ2v) is 6.59. The molecule has 7 nitrogen and oxygen atoms in total. The Morgan fingerprint density at radius 2 is 1.97 bits per heavy atom. The number of anilines is 1. The Labute approximate surface area is 175 Å². The summed E-state index contributed by atoms with van der Waals surface area (Å²) in [5.41, 5.74) is 0.347. The van der Waals surface area contributed by atoms with Crippen LogP contribution in [0.3, 0.4) is 0 Å². The van der Waals surface area contributed by atoms with Crippen LogP contribution in [-0.2, 0) is 27.3 Å². The number of ether oxygens (including phenoxy) is 2. The Balaban J connectivity index is 1.76. The summed E-state index contributed by atoms with van der Waals surface area (Å²) in [6.07, 6.45) is -0.991. The number of amides is 1. The van der Waals surface area contributed by atoms with E-state index in [0.29, 0.717) is 16.6 Å². The van der Waals surface area contributed by atoms with Crippen LogP contribution in [0.25, 0.3) is 11.0 Å². The molecule has 0 unspecified atom stereocenters. The zero-order valence-electron chi connectivity index (χ0n) is 15.9. The number of rotatable bonds is 6. The second-order valence-electron chi connectivity index (χ2n) is 6.18. The lowest BCUT2D eigenvalue weighted by molar-refractivity contribution is -0.144. The molecule has 3 aromatic rings. The smallest absolute Gasteiger partial charge is 0.411 e. The maximum absolute atomic E-state index is 13.8. The van der Waals surface area contributed by atoms with Gasteiger partial charge in [-0.1, -0.05) is 17.7 Å². The number of halogens is 2. The Kier molecular flexibility index (Phi) is 6.68. The van der Waals surface area contributed by atoms with Gasteiger partial charge in [-0.05, 0) is 31.2 Å². The molecule has 1 heterocycles. The molecular weight excluding hydrogens is 417 g/mol. The van der Waals surface area contributed by atoms with Gasteiger partial charge in [-0.15, -0.1) is 0 Å². The van der Waals surface area contributed by atoms with E-state index in [1.54, 1.807) is 19.1 Å². The molecule has 0 aliphatic carbocycles. The van der Waals surface area contributed by atoms with Crippen LogP contribution >= 0.6 is 11.6 Å². The van der Waals surface area contributed by atoms with Crippen molar-refractivity contribution in [1.29, 1.82) is 0 Å². The van der Waals surface area contributed by atoms with E-state index in [-0.39, 0.29) is 35.8 Å². The molecule has 156 valence electrons. The van der Waals surface area contributed by atoms with Crippen LogP contribution in [0.5, 0.6) is 0 Å². The number of esters is 1. The van der Waals surface area contributed by atoms with Crippen molar-refractivity contribution in [2.45, 2.75) is 20.0 Å². The third-order valence-corrected chi connectivity index (χ3v) is 4.48. The lowest BCUT2D eigenvalue weighted by Crippen LogP contribution is -2.13. The van der Waals surface area contributed by atoms with Gasteiger partial charge in [-0.3, -0.25) is 10.1 Å². The van der Waals surface area contributed by atoms with Crippen LogP contribution in [0.1, 0.15) is 18.1 Å². The monoisotopic (exact) mass is 433 g/mol. The first-order valence-electron chi connectivity index (χ1n) is 8.96. The van der Waals surface area contributed by atoms with Gasteiger partial charge >= 0.3 is 17.7 Å². The summed E-state index contributed by atoms with van der Waals surface area (Å²) in [7, 11) is 0. The van der Waals surface area contributed by atoms with Crippen molar-refractivity contribution in [1.82, 2.24) is 0 Å². The van der Waals surface area contributed by atoms with Crippen LogP contribution in [0.15, 0.2) is 51.7 Å². The normalized spacial score (nSPS) is 10.6. The van der Waals surface area contributed by atoms with Gasteiger partial charge in [-0.2, -0.15) is 0 Å². The van der Waals surface area contributed by atoms with E-state index < -0.39 is 23.5 Å². The van der Waals surface area contributed by atoms with E-state index >= 15 is 0 Å². The number of benzene rings is 2. The fourth-order valence-electron chi connectivity index (χ4n) is 2.77. The van der Waals surface area contributed by atoms with Crippen molar-refractivity contribution >= 4 is 40.3 Å². The molecule has 1 aromatic heterocycles. The summed E-state index contributed by atoms with van der Waals surface area (Å²) in [4.78, 5) is 35.6. The molecule has 1 amide bonds. The summed E-state index contributed by atoms with van der Waals surface area (Å²) in [5.74, 6) is -1.31. The quantitative estimate of drug-likeness (QED) is 0.456. The van der Waals surface area contributed by atoms with Crippen LogP contribution in [0.2, 0.25) is 5.02 Å². The number of nitrogens with one attached hydrogen (secondary N) is 1. The second kappa shape index (κ2) is 9.41. The molecule has 9 heteroatoms. The standard InChI is InChI=1S/C21H17ClFNO6/c1-2-28-21(27)24-13-6-7-14-12(8-20(26)30-18(14)9-13)11-29-19(25)10-15-16(22)4-3-5-17(15)23/h3-9H,2,10-11H2,1H3,(H,24,27). The van der Waals surface area contributed by atoms with Crippen molar-refractivity contribution in [3.63, 3.8) is 0 Å². The number of hydrogen-bond acceptors (Lipinski definition) is 6. The summed E-state index contributed by atoms with van der Waals surface area (Å²) in [6.45, 7) is 1.66. The average molecular weight is 434 g/mol. The highest BCUT2D eigenvalue weighted by molar-refractivity contribution is 6.31. The number of carbonyl (C=O) groups excluding carboxylic acids is 2. The summed E-state index contributed by atoms with van der Waals surface area (Å²) >= 11 is 5.92. The molecule has 0 aliphatic heterocycles. The third-order valence-electron chi connectivity index (χ3n) is 4.12. The fraction of sp³-hybridized carbons (Fsp3) is 0.190. The minimum atomic E-state index is -0.705. The van der Waals surface area contributed by atoms with Crippen LogP contribution in [0.4, 0.5) is 14.9 Å². The van der Waals surface area contributed by atoms with Crippen LogP contribution in [0, 0.1) is 5.82 Å². The predicted octanol–water partition coefficient (Wildman–Crippen LogP) is 4.44. The molecule has 0 aliphatic rings. The van der Waals surface area contributed by atoms with Crippen molar-refractivity contribution in [3.05, 3.63) is 74.9 Å². The SMILES string of the molecule is CCOC(=O)Nc1ccc2c(COC(=O)Cc3c(F)cccc3Cl)cc(=O)oc2c1. The van der Waals surface area contributed by atoms with Crippen molar-refractivity contribution in [2.75, 3.05) is 11.9 Å². The van der Waals surface area contributed by atoms with Crippen molar-refractivity contribution in [2.24, 2.45) is 0 Å². The average Bonchev–Trinajstić information content (AvgIpc) is 2.69. The zero-order chi connectivity index (χ0) is 21.7. The summed E-state index contributed by atoms with van der Waals surface area (Å²) in [5, 5.41) is 3.14. The lowest BCUT2D eigenvalue weighted by atomic mass is 10.1. The first kappa shape index (κ1) is 21.3. The Hall–Kier alpha value is -3.39. The van der Waals surface area contributed by atoms with Gasteiger partial charge in [0.15, 0.2) is 0 Å². The van der Waals surface area contributed by atoms with Gasteiger partial charge in [0.25, 0.3) is 0 Å². The third kappa shape index (κ3) is 5.15. The van der Waals surface area contributed by atoms with Crippen LogP contribution in [-0.4, -0.2) is 18.7 Å². The van der Waals surface area contributed by atoms with Gasteiger partial charge < -0.3 is 13.9 Å². The number of hydrogen-bond donors (Lipinski definition) is 1. The maximum atomic E-state index is 13.8. The maximum Gasteiger partial charge on any atom is 0.411 e. The summed E-state index contributed by atoms with van der Waals surface area (Å²) in [6, 6.07) is 9.97. The molecule has 0 spiro atoms. The Morgan fingerprint density at radius 3 is 2.70 bits per heavy atom. The lowest BCUT2D eigenvalue weighted by Gasteiger charge is -2.10. The van der Waals surface area contributed by atoms with Crippen LogP contribution < -0.4 is 10.9 Å². The van der Waals surface area contributed by atoms with Gasteiger partial charge in [0.2, 0.25) is 0 Å². The van der Waals surface area contributed by atoms with Crippen molar-refractivity contribution < 1.29 is 27.9 Å². The Bertz CT molecular complexity index is 1140. The highest BCUT2D eigenvalue weighted by atomic mass is 35.5. The molecule has 1 N–H and O–H groups in total. The van der Waals surface area contributed by atoms with E-state index in [2.05, 4.69) is 5.32 Å². The topological polar surface area (TPSA) is 94.8 Å². The van der Waals surface area contributed by atoms with E-state index in [9.17, 15) is 18.8 Å². The molecule has 0 fully saturated rings. The van der Waals surface area contributed by atoms with E-state index in [1.165, 1.54) is 30.3 Å². The molecule has 0 saturated heterocycles. The highest BCUT2D eigenvalue weighted by Crippen LogP contribution is 2.23.